The van der Waals surface area contributed by atoms with Crippen molar-refractivity contribution in [3.63, 3.8) is 0 Å². The molecule has 1 nitrogen and oxygen atoms in total. The number of ether oxygens (including phenoxy) is 1. The van der Waals surface area contributed by atoms with Gasteiger partial charge in [-0.3, -0.25) is 0 Å². The Bertz CT molecular complexity index is 991. The Hall–Kier alpha value is -2.44. The molecule has 0 saturated heterocycles. The summed E-state index contributed by atoms with van der Waals surface area (Å²) in [5, 5.41) is 0. The molecule has 1 aliphatic rings. The first-order valence-corrected chi connectivity index (χ1v) is 11.9. The minimum Gasteiger partial charge on any atom is -0.427 e. The van der Waals surface area contributed by atoms with Crippen molar-refractivity contribution in [3.8, 4) is 5.75 Å². The van der Waals surface area contributed by atoms with Gasteiger partial charge in [-0.25, -0.2) is 13.2 Å². The highest BCUT2D eigenvalue weighted by Crippen LogP contribution is 2.41. The summed E-state index contributed by atoms with van der Waals surface area (Å²) in [6.45, 7) is 4.05. The van der Waals surface area contributed by atoms with E-state index in [-0.39, 0.29) is 17.2 Å². The fourth-order valence-corrected chi connectivity index (χ4v) is 4.67. The Labute approximate surface area is 196 Å². The van der Waals surface area contributed by atoms with Crippen molar-refractivity contribution in [2.75, 3.05) is 0 Å². The molecule has 1 saturated carbocycles. The number of aryl methyl sites for hydroxylation is 1. The third-order valence-corrected chi connectivity index (χ3v) is 6.49. The topological polar surface area (TPSA) is 9.23 Å². The summed E-state index contributed by atoms with van der Waals surface area (Å²) in [6, 6.07) is 7.49. The third-order valence-electron chi connectivity index (χ3n) is 6.49. The molecule has 3 rings (SSSR count). The lowest BCUT2D eigenvalue weighted by molar-refractivity contribution is -0.156. The van der Waals surface area contributed by atoms with Crippen molar-refractivity contribution in [1.29, 1.82) is 0 Å². The highest BCUT2D eigenvalue weighted by atomic mass is 19.3. The molecular weight excluding hydrogens is 454 g/mol. The lowest BCUT2D eigenvalue weighted by Gasteiger charge is -2.29. The van der Waals surface area contributed by atoms with E-state index in [0.29, 0.717) is 18.8 Å². The van der Waals surface area contributed by atoms with Gasteiger partial charge in [-0.2, -0.15) is 13.2 Å². The second kappa shape index (κ2) is 11.3. The molecule has 0 radical (unpaired) electrons. The Morgan fingerprint density at radius 2 is 1.53 bits per heavy atom. The van der Waals surface area contributed by atoms with Gasteiger partial charge in [-0.1, -0.05) is 51.3 Å². The second-order valence-electron chi connectivity index (χ2n) is 8.98. The minimum absolute atomic E-state index is 0.0691. The van der Waals surface area contributed by atoms with Gasteiger partial charge in [0.2, 0.25) is 5.83 Å². The van der Waals surface area contributed by atoms with E-state index in [9.17, 15) is 26.3 Å². The van der Waals surface area contributed by atoms with Crippen LogP contribution in [0.2, 0.25) is 0 Å². The molecule has 0 amide bonds. The summed E-state index contributed by atoms with van der Waals surface area (Å²) in [5.41, 5.74) is -0.253. The first-order valence-electron chi connectivity index (χ1n) is 11.9. The molecule has 0 spiro atoms. The average molecular weight is 485 g/mol. The number of hydrogen-bond donors (Lipinski definition) is 0. The maximum absolute atomic E-state index is 14.8. The molecule has 0 bridgehead atoms. The van der Waals surface area contributed by atoms with Gasteiger partial charge in [0.1, 0.15) is 5.75 Å². The van der Waals surface area contributed by atoms with E-state index in [1.54, 1.807) is 0 Å². The summed E-state index contributed by atoms with van der Waals surface area (Å²) in [6.07, 6.45) is 2.10. The summed E-state index contributed by atoms with van der Waals surface area (Å²) < 4.78 is 91.3. The van der Waals surface area contributed by atoms with E-state index < -0.39 is 35.0 Å². The smallest absolute Gasteiger partial charge is 0.427 e. The van der Waals surface area contributed by atoms with Crippen molar-refractivity contribution in [2.45, 2.75) is 77.2 Å². The molecule has 0 aromatic heterocycles. The van der Waals surface area contributed by atoms with Gasteiger partial charge in [0.05, 0.1) is 5.56 Å². The Morgan fingerprint density at radius 1 is 0.882 bits per heavy atom. The molecule has 0 N–H and O–H groups in total. The van der Waals surface area contributed by atoms with Crippen LogP contribution in [0, 0.1) is 17.6 Å². The van der Waals surface area contributed by atoms with Crippen LogP contribution in [0.3, 0.4) is 0 Å². The zero-order chi connectivity index (χ0) is 24.9. The zero-order valence-corrected chi connectivity index (χ0v) is 19.5. The van der Waals surface area contributed by atoms with E-state index in [2.05, 4.69) is 11.7 Å². The SMILES string of the molecule is CCCc1ccc(OC(F)(F)/C(F)=C(\F)c2ccc(C3CCC(CCC)CC3)c(F)c2F)cc1. The fourth-order valence-electron chi connectivity index (χ4n) is 4.67. The van der Waals surface area contributed by atoms with Gasteiger partial charge in [-0.05, 0) is 73.3 Å². The Balaban J connectivity index is 1.79. The average Bonchev–Trinajstić information content (AvgIpc) is 2.82. The molecule has 0 aliphatic heterocycles. The lowest BCUT2D eigenvalue weighted by atomic mass is 9.77. The van der Waals surface area contributed by atoms with E-state index >= 15 is 0 Å². The minimum atomic E-state index is -4.70. The molecule has 2 aromatic rings. The van der Waals surface area contributed by atoms with Gasteiger partial charge in [0, 0.05) is 0 Å². The molecule has 0 unspecified atom stereocenters. The molecule has 0 atom stereocenters. The van der Waals surface area contributed by atoms with E-state index in [0.717, 1.165) is 56.2 Å². The van der Waals surface area contributed by atoms with Gasteiger partial charge in [-0.15, -0.1) is 0 Å². The second-order valence-corrected chi connectivity index (χ2v) is 8.98. The van der Waals surface area contributed by atoms with Crippen molar-refractivity contribution in [2.24, 2.45) is 5.92 Å². The molecule has 1 fully saturated rings. The summed E-state index contributed by atoms with van der Waals surface area (Å²) in [7, 11) is 0. The lowest BCUT2D eigenvalue weighted by Crippen LogP contribution is -2.26. The summed E-state index contributed by atoms with van der Waals surface area (Å²) in [4.78, 5) is 0. The Morgan fingerprint density at radius 3 is 2.12 bits per heavy atom. The van der Waals surface area contributed by atoms with Crippen LogP contribution in [0.15, 0.2) is 42.2 Å². The van der Waals surface area contributed by atoms with Crippen LogP contribution in [0.4, 0.5) is 26.3 Å². The first kappa shape index (κ1) is 26.2. The van der Waals surface area contributed by atoms with Gasteiger partial charge in [0.25, 0.3) is 0 Å². The number of halogens is 6. The van der Waals surface area contributed by atoms with Gasteiger partial charge < -0.3 is 4.74 Å². The van der Waals surface area contributed by atoms with Crippen molar-refractivity contribution >= 4 is 5.83 Å². The predicted molar refractivity (Wildman–Crippen MR) is 121 cm³/mol. The van der Waals surface area contributed by atoms with Crippen molar-refractivity contribution < 1.29 is 31.1 Å². The number of benzene rings is 2. The maximum atomic E-state index is 14.8. The maximum Gasteiger partial charge on any atom is 0.457 e. The molecule has 1 aliphatic carbocycles. The van der Waals surface area contributed by atoms with E-state index in [1.165, 1.54) is 24.3 Å². The number of alkyl halides is 2. The summed E-state index contributed by atoms with van der Waals surface area (Å²) in [5.74, 6) is -7.88. The van der Waals surface area contributed by atoms with Crippen molar-refractivity contribution in [3.05, 3.63) is 70.5 Å². The highest BCUT2D eigenvalue weighted by molar-refractivity contribution is 5.63. The van der Waals surface area contributed by atoms with Crippen LogP contribution in [-0.4, -0.2) is 6.11 Å². The fraction of sp³-hybridized carbons (Fsp3) is 0.481. The highest BCUT2D eigenvalue weighted by Gasteiger charge is 2.42. The van der Waals surface area contributed by atoms with Crippen LogP contribution in [0.1, 0.15) is 81.4 Å². The molecule has 2 aromatic carbocycles. The standard InChI is InChI=1S/C27H30F6O/c1-3-5-17-7-11-19(12-8-17)21-15-16-22(24(29)23(21)28)25(30)26(31)27(32,33)34-20-13-9-18(6-4-2)10-14-20/h9-10,13-17,19H,3-8,11-12H2,1-2H3/b26-25+. The first-order chi connectivity index (χ1) is 16.2. The molecule has 186 valence electrons. The molecule has 0 heterocycles. The zero-order valence-electron chi connectivity index (χ0n) is 19.5. The van der Waals surface area contributed by atoms with Crippen LogP contribution in [-0.2, 0) is 6.42 Å². The van der Waals surface area contributed by atoms with Crippen LogP contribution >= 0.6 is 0 Å². The molecule has 7 heteroatoms. The predicted octanol–water partition coefficient (Wildman–Crippen LogP) is 9.27. The van der Waals surface area contributed by atoms with E-state index in [1.807, 2.05) is 6.92 Å². The molecule has 34 heavy (non-hydrogen) atoms. The van der Waals surface area contributed by atoms with Crippen molar-refractivity contribution in [1.82, 2.24) is 0 Å². The summed E-state index contributed by atoms with van der Waals surface area (Å²) >= 11 is 0. The van der Waals surface area contributed by atoms with Crippen LogP contribution in [0.25, 0.3) is 5.83 Å². The monoisotopic (exact) mass is 484 g/mol. The quantitative estimate of drug-likeness (QED) is 0.322. The van der Waals surface area contributed by atoms with Crippen LogP contribution in [0.5, 0.6) is 5.75 Å². The Kier molecular flexibility index (Phi) is 8.72. The normalized spacial score (nSPS) is 19.6. The number of hydrogen-bond acceptors (Lipinski definition) is 1. The van der Waals surface area contributed by atoms with Crippen LogP contribution < -0.4 is 4.74 Å². The van der Waals surface area contributed by atoms with E-state index in [4.69, 9.17) is 0 Å². The molecular formula is C27H30F6O. The third kappa shape index (κ3) is 5.97. The van der Waals surface area contributed by atoms with Gasteiger partial charge >= 0.3 is 6.11 Å². The van der Waals surface area contributed by atoms with Gasteiger partial charge in [0.15, 0.2) is 17.5 Å². The number of rotatable bonds is 9. The largest absolute Gasteiger partial charge is 0.457 e.